The largest absolute Gasteiger partial charge is 0.486 e. The van der Waals surface area contributed by atoms with Gasteiger partial charge >= 0.3 is 0 Å². The first kappa shape index (κ1) is 13.7. The van der Waals surface area contributed by atoms with E-state index >= 15 is 0 Å². The molecule has 110 valence electrons. The van der Waals surface area contributed by atoms with Crippen LogP contribution < -0.4 is 14.8 Å². The Labute approximate surface area is 121 Å². The lowest BCUT2D eigenvalue weighted by atomic mass is 10.1. The van der Waals surface area contributed by atoms with Crippen molar-refractivity contribution in [3.63, 3.8) is 0 Å². The zero-order valence-electron chi connectivity index (χ0n) is 12.2. The van der Waals surface area contributed by atoms with Crippen LogP contribution in [0.2, 0.25) is 0 Å². The van der Waals surface area contributed by atoms with Gasteiger partial charge in [0.1, 0.15) is 13.2 Å². The van der Waals surface area contributed by atoms with E-state index in [1.54, 1.807) is 0 Å². The number of likely N-dealkylation sites (tertiary alicyclic amines) is 1. The number of rotatable bonds is 5. The van der Waals surface area contributed by atoms with Gasteiger partial charge in [-0.05, 0) is 50.2 Å². The molecule has 2 heterocycles. The summed E-state index contributed by atoms with van der Waals surface area (Å²) in [5, 5.41) is 3.59. The quantitative estimate of drug-likeness (QED) is 0.894. The second-order valence-electron chi connectivity index (χ2n) is 5.52. The molecule has 1 unspecified atom stereocenters. The smallest absolute Gasteiger partial charge is 0.161 e. The number of fused-ring (bicyclic) bond motifs is 1. The molecule has 20 heavy (non-hydrogen) atoms. The van der Waals surface area contributed by atoms with Crippen LogP contribution in [0.15, 0.2) is 18.2 Å². The summed E-state index contributed by atoms with van der Waals surface area (Å²) in [4.78, 5) is 2.55. The van der Waals surface area contributed by atoms with Crippen molar-refractivity contribution >= 4 is 0 Å². The maximum absolute atomic E-state index is 5.70. The van der Waals surface area contributed by atoms with Crippen molar-refractivity contribution in [2.75, 3.05) is 39.4 Å². The molecule has 0 bridgehead atoms. The predicted octanol–water partition coefficient (Wildman–Crippen LogP) is 2.20. The zero-order valence-corrected chi connectivity index (χ0v) is 12.2. The molecule has 0 spiro atoms. The van der Waals surface area contributed by atoms with Crippen molar-refractivity contribution < 1.29 is 9.47 Å². The molecule has 4 heteroatoms. The molecule has 3 rings (SSSR count). The maximum Gasteiger partial charge on any atom is 0.161 e. The molecule has 1 aromatic carbocycles. The Morgan fingerprint density at radius 2 is 1.90 bits per heavy atom. The Bertz CT molecular complexity index is 444. The molecule has 1 fully saturated rings. The molecular formula is C16H24N2O2. The molecule has 1 N–H and O–H groups in total. The third-order valence-corrected chi connectivity index (χ3v) is 4.06. The van der Waals surface area contributed by atoms with Crippen molar-refractivity contribution in [3.05, 3.63) is 23.8 Å². The number of benzene rings is 1. The molecule has 0 aromatic heterocycles. The van der Waals surface area contributed by atoms with Crippen LogP contribution in [0.4, 0.5) is 0 Å². The molecular weight excluding hydrogens is 252 g/mol. The first-order valence-corrected chi connectivity index (χ1v) is 7.72. The molecule has 2 aliphatic rings. The second-order valence-corrected chi connectivity index (χ2v) is 5.52. The molecule has 0 aliphatic carbocycles. The van der Waals surface area contributed by atoms with Gasteiger partial charge in [0.2, 0.25) is 0 Å². The fourth-order valence-electron chi connectivity index (χ4n) is 3.03. The van der Waals surface area contributed by atoms with Crippen molar-refractivity contribution in [1.82, 2.24) is 10.2 Å². The van der Waals surface area contributed by atoms with Gasteiger partial charge in [-0.2, -0.15) is 0 Å². The van der Waals surface area contributed by atoms with Crippen molar-refractivity contribution in [1.29, 1.82) is 0 Å². The molecule has 0 amide bonds. The van der Waals surface area contributed by atoms with E-state index in [-0.39, 0.29) is 0 Å². The van der Waals surface area contributed by atoms with Crippen LogP contribution >= 0.6 is 0 Å². The zero-order chi connectivity index (χ0) is 13.8. The lowest BCUT2D eigenvalue weighted by Crippen LogP contribution is -2.33. The van der Waals surface area contributed by atoms with E-state index in [2.05, 4.69) is 29.3 Å². The van der Waals surface area contributed by atoms with E-state index in [9.17, 15) is 0 Å². The molecule has 4 nitrogen and oxygen atoms in total. The van der Waals surface area contributed by atoms with Gasteiger partial charge < -0.3 is 19.7 Å². The minimum atomic E-state index is 0.369. The average Bonchev–Trinajstić information content (AvgIpc) is 2.99. The number of hydrogen-bond acceptors (Lipinski definition) is 4. The van der Waals surface area contributed by atoms with Crippen LogP contribution in [-0.2, 0) is 0 Å². The van der Waals surface area contributed by atoms with E-state index < -0.39 is 0 Å². The van der Waals surface area contributed by atoms with Crippen LogP contribution in [0.3, 0.4) is 0 Å². The summed E-state index contributed by atoms with van der Waals surface area (Å²) in [7, 11) is 0. The third kappa shape index (κ3) is 3.07. The first-order chi connectivity index (χ1) is 9.86. The highest BCUT2D eigenvalue weighted by molar-refractivity contribution is 5.44. The Kier molecular flexibility index (Phi) is 4.43. The van der Waals surface area contributed by atoms with E-state index in [1.165, 1.54) is 31.5 Å². The average molecular weight is 276 g/mol. The van der Waals surface area contributed by atoms with Gasteiger partial charge in [-0.15, -0.1) is 0 Å². The Balaban J connectivity index is 1.75. The molecule has 1 aromatic rings. The van der Waals surface area contributed by atoms with Gasteiger partial charge in [0.25, 0.3) is 0 Å². The predicted molar refractivity (Wildman–Crippen MR) is 79.5 cm³/mol. The normalized spacial score (nSPS) is 20.1. The van der Waals surface area contributed by atoms with E-state index in [4.69, 9.17) is 9.47 Å². The topological polar surface area (TPSA) is 33.7 Å². The summed E-state index contributed by atoms with van der Waals surface area (Å²) >= 11 is 0. The fraction of sp³-hybridized carbons (Fsp3) is 0.625. The lowest BCUT2D eigenvalue weighted by Gasteiger charge is -2.26. The molecule has 0 saturated carbocycles. The van der Waals surface area contributed by atoms with Gasteiger partial charge in [0.15, 0.2) is 11.5 Å². The van der Waals surface area contributed by atoms with Gasteiger partial charge in [0, 0.05) is 12.6 Å². The van der Waals surface area contributed by atoms with Gasteiger partial charge in [-0.1, -0.05) is 13.0 Å². The summed E-state index contributed by atoms with van der Waals surface area (Å²) in [6.45, 7) is 7.97. The van der Waals surface area contributed by atoms with Gasteiger partial charge in [0.05, 0.1) is 0 Å². The monoisotopic (exact) mass is 276 g/mol. The minimum Gasteiger partial charge on any atom is -0.486 e. The molecule has 1 atom stereocenters. The minimum absolute atomic E-state index is 0.369. The van der Waals surface area contributed by atoms with Crippen LogP contribution in [0.1, 0.15) is 31.4 Å². The Morgan fingerprint density at radius 3 is 2.65 bits per heavy atom. The number of nitrogens with one attached hydrogen (secondary N) is 1. The second kappa shape index (κ2) is 6.46. The van der Waals surface area contributed by atoms with Gasteiger partial charge in [-0.25, -0.2) is 0 Å². The number of ether oxygens (including phenoxy) is 2. The summed E-state index contributed by atoms with van der Waals surface area (Å²) in [6.07, 6.45) is 2.67. The van der Waals surface area contributed by atoms with E-state index in [0.29, 0.717) is 19.3 Å². The Hall–Kier alpha value is -1.26. The van der Waals surface area contributed by atoms with Crippen molar-refractivity contribution in [3.8, 4) is 11.5 Å². The van der Waals surface area contributed by atoms with E-state index in [1.807, 2.05) is 6.07 Å². The third-order valence-electron chi connectivity index (χ3n) is 4.06. The first-order valence-electron chi connectivity index (χ1n) is 7.72. The summed E-state index contributed by atoms with van der Waals surface area (Å²) in [6, 6.07) is 6.71. The highest BCUT2D eigenvalue weighted by atomic mass is 16.6. The standard InChI is InChI=1S/C16H24N2O2/c1-2-17-14(12-18-7-3-4-8-18)13-5-6-15-16(11-13)20-10-9-19-15/h5-6,11,14,17H,2-4,7-10,12H2,1H3. The maximum atomic E-state index is 5.70. The Morgan fingerprint density at radius 1 is 1.15 bits per heavy atom. The number of likely N-dealkylation sites (N-methyl/N-ethyl adjacent to an activating group) is 1. The molecule has 0 radical (unpaired) electrons. The SMILES string of the molecule is CCNC(CN1CCCC1)c1ccc2c(c1)OCCO2. The number of nitrogens with zero attached hydrogens (tertiary/aromatic N) is 1. The molecule has 2 aliphatic heterocycles. The van der Waals surface area contributed by atoms with E-state index in [0.717, 1.165) is 24.6 Å². The fourth-order valence-corrected chi connectivity index (χ4v) is 3.03. The lowest BCUT2D eigenvalue weighted by molar-refractivity contribution is 0.171. The van der Waals surface area contributed by atoms with Crippen LogP contribution in [-0.4, -0.2) is 44.3 Å². The summed E-state index contributed by atoms with van der Waals surface area (Å²) < 4.78 is 11.3. The summed E-state index contributed by atoms with van der Waals surface area (Å²) in [5.74, 6) is 1.76. The van der Waals surface area contributed by atoms with Crippen LogP contribution in [0.5, 0.6) is 11.5 Å². The van der Waals surface area contributed by atoms with Crippen LogP contribution in [0, 0.1) is 0 Å². The van der Waals surface area contributed by atoms with Gasteiger partial charge in [-0.3, -0.25) is 0 Å². The van der Waals surface area contributed by atoms with Crippen molar-refractivity contribution in [2.24, 2.45) is 0 Å². The highest BCUT2D eigenvalue weighted by Crippen LogP contribution is 2.33. The summed E-state index contributed by atoms with van der Waals surface area (Å²) in [5.41, 5.74) is 1.29. The number of hydrogen-bond donors (Lipinski definition) is 1. The van der Waals surface area contributed by atoms with Crippen molar-refractivity contribution in [2.45, 2.75) is 25.8 Å². The molecule has 1 saturated heterocycles. The highest BCUT2D eigenvalue weighted by Gasteiger charge is 2.20. The van der Waals surface area contributed by atoms with Crippen LogP contribution in [0.25, 0.3) is 0 Å².